The summed E-state index contributed by atoms with van der Waals surface area (Å²) in [7, 11) is 1.95. The summed E-state index contributed by atoms with van der Waals surface area (Å²) in [5.74, 6) is 0.210. The molecule has 1 aromatic heterocycles. The number of carbonyl (C=O) groups is 1. The maximum absolute atomic E-state index is 13.7. The van der Waals surface area contributed by atoms with E-state index in [0.29, 0.717) is 37.7 Å². The van der Waals surface area contributed by atoms with Crippen LogP contribution in [0.1, 0.15) is 60.6 Å². The summed E-state index contributed by atoms with van der Waals surface area (Å²) in [6, 6.07) is 0.608. The van der Waals surface area contributed by atoms with Gasteiger partial charge in [-0.1, -0.05) is 0 Å². The molecular weight excluding hydrogens is 583 g/mol. The molecule has 1 aromatic carbocycles. The van der Waals surface area contributed by atoms with Gasteiger partial charge in [0.15, 0.2) is 0 Å². The number of anilines is 1. The number of hydrogen-bond acceptors (Lipinski definition) is 5. The van der Waals surface area contributed by atoms with Gasteiger partial charge in [0.1, 0.15) is 11.9 Å². The predicted molar refractivity (Wildman–Crippen MR) is 133 cm³/mol. The minimum absolute atomic E-state index is 0.0232. The Labute approximate surface area is 236 Å². The quantitative estimate of drug-likeness (QED) is 0.325. The second-order valence-electron chi connectivity index (χ2n) is 10.5. The zero-order valence-electron chi connectivity index (χ0n) is 22.9. The summed E-state index contributed by atoms with van der Waals surface area (Å²) >= 11 is 0. The van der Waals surface area contributed by atoms with Crippen LogP contribution in [0.2, 0.25) is 0 Å². The van der Waals surface area contributed by atoms with Gasteiger partial charge in [-0.2, -0.15) is 39.5 Å². The fourth-order valence-corrected chi connectivity index (χ4v) is 5.41. The second kappa shape index (κ2) is 11.5. The molecule has 0 bridgehead atoms. The molecule has 2 saturated heterocycles. The van der Waals surface area contributed by atoms with E-state index in [1.165, 1.54) is 6.92 Å². The number of nitrogens with zero attached hydrogens (tertiary/aromatic N) is 4. The number of alkyl halides is 9. The van der Waals surface area contributed by atoms with Crippen molar-refractivity contribution < 1.29 is 49.0 Å². The van der Waals surface area contributed by atoms with Crippen molar-refractivity contribution in [1.29, 1.82) is 0 Å². The van der Waals surface area contributed by atoms with Crippen molar-refractivity contribution in [1.82, 2.24) is 14.8 Å². The van der Waals surface area contributed by atoms with E-state index < -0.39 is 65.6 Å². The number of piperidine rings is 1. The van der Waals surface area contributed by atoms with E-state index in [9.17, 15) is 44.3 Å². The van der Waals surface area contributed by atoms with E-state index in [-0.39, 0.29) is 23.5 Å². The van der Waals surface area contributed by atoms with Gasteiger partial charge in [0.25, 0.3) is 0 Å². The first-order valence-electron chi connectivity index (χ1n) is 13.2. The van der Waals surface area contributed by atoms with Gasteiger partial charge in [-0.15, -0.1) is 0 Å². The molecule has 6 nitrogen and oxygen atoms in total. The third-order valence-corrected chi connectivity index (χ3v) is 7.68. The lowest BCUT2D eigenvalue weighted by molar-refractivity contribution is -0.143. The SMILES string of the molecule is CCN(c1ncc(C(F)(F)F)cc1CN1C(=O)O[C@H](c2cc(C(F)(F)F)cc(C(F)(F)F)c2)[C@@H]1C)C1CCN(C)CC1. The highest BCUT2D eigenvalue weighted by molar-refractivity contribution is 5.71. The molecule has 42 heavy (non-hydrogen) atoms. The molecule has 1 amide bonds. The molecule has 2 aliphatic rings. The molecule has 0 aliphatic carbocycles. The number of likely N-dealkylation sites (tertiary alicyclic amines) is 1. The van der Waals surface area contributed by atoms with Crippen LogP contribution in [0.25, 0.3) is 0 Å². The molecule has 0 spiro atoms. The smallest absolute Gasteiger partial charge is 0.417 e. The number of rotatable bonds is 6. The van der Waals surface area contributed by atoms with E-state index in [2.05, 4.69) is 9.88 Å². The van der Waals surface area contributed by atoms with Gasteiger partial charge in [0.05, 0.1) is 29.3 Å². The van der Waals surface area contributed by atoms with Gasteiger partial charge in [0, 0.05) is 24.3 Å². The number of benzene rings is 1. The number of aromatic nitrogens is 1. The molecule has 2 aliphatic heterocycles. The Morgan fingerprint density at radius 1 is 0.905 bits per heavy atom. The molecule has 4 rings (SSSR count). The van der Waals surface area contributed by atoms with Crippen molar-refractivity contribution in [3.05, 3.63) is 58.3 Å². The summed E-state index contributed by atoms with van der Waals surface area (Å²) in [6.45, 7) is 4.61. The van der Waals surface area contributed by atoms with Crippen molar-refractivity contribution in [2.75, 3.05) is 31.6 Å². The molecule has 3 heterocycles. The van der Waals surface area contributed by atoms with Crippen LogP contribution in [0.3, 0.4) is 0 Å². The van der Waals surface area contributed by atoms with Gasteiger partial charge in [-0.25, -0.2) is 9.78 Å². The van der Waals surface area contributed by atoms with Crippen LogP contribution in [0.15, 0.2) is 30.5 Å². The molecule has 0 saturated carbocycles. The summed E-state index contributed by atoms with van der Waals surface area (Å²) in [5.41, 5.74) is -4.73. The molecule has 0 unspecified atom stereocenters. The van der Waals surface area contributed by atoms with Crippen LogP contribution in [-0.2, 0) is 29.8 Å². The van der Waals surface area contributed by atoms with Crippen LogP contribution in [-0.4, -0.2) is 59.6 Å². The summed E-state index contributed by atoms with van der Waals surface area (Å²) < 4.78 is 127. The monoisotopic (exact) mass is 612 g/mol. The fourth-order valence-electron chi connectivity index (χ4n) is 5.41. The third kappa shape index (κ3) is 6.70. The Morgan fingerprint density at radius 3 is 1.95 bits per heavy atom. The lowest BCUT2D eigenvalue weighted by atomic mass is 9.97. The van der Waals surface area contributed by atoms with Crippen molar-refractivity contribution in [2.45, 2.75) is 70.0 Å². The third-order valence-electron chi connectivity index (χ3n) is 7.68. The molecule has 2 fully saturated rings. The average molecular weight is 613 g/mol. The largest absolute Gasteiger partial charge is 0.439 e. The fraction of sp³-hybridized carbons (Fsp3) is 0.556. The van der Waals surface area contributed by atoms with Gasteiger partial charge < -0.3 is 14.5 Å². The highest BCUT2D eigenvalue weighted by Crippen LogP contribution is 2.42. The lowest BCUT2D eigenvalue weighted by Gasteiger charge is -2.38. The first-order chi connectivity index (χ1) is 19.4. The Balaban J connectivity index is 1.71. The number of amides is 1. The first kappa shape index (κ1) is 31.7. The van der Waals surface area contributed by atoms with E-state index in [1.807, 2.05) is 18.9 Å². The summed E-state index contributed by atoms with van der Waals surface area (Å²) in [4.78, 5) is 22.0. The Bertz CT molecular complexity index is 1260. The highest BCUT2D eigenvalue weighted by atomic mass is 19.4. The maximum atomic E-state index is 13.7. The van der Waals surface area contributed by atoms with Crippen LogP contribution < -0.4 is 4.90 Å². The van der Waals surface area contributed by atoms with Crippen LogP contribution in [0, 0.1) is 0 Å². The minimum Gasteiger partial charge on any atom is -0.439 e. The average Bonchev–Trinajstić information content (AvgIpc) is 3.17. The predicted octanol–water partition coefficient (Wildman–Crippen LogP) is 7.14. The standard InChI is InChI=1S/C27H29F9N4O2/c1-4-39(21-5-7-38(3)8-6-21)23-17(11-20(13-37-23)27(34,35)36)14-40-15(2)22(42-24(40)41)16-9-18(25(28,29)30)12-19(10-16)26(31,32)33/h9-13,15,21-22H,4-8,14H2,1-3H3/t15-,22-/m0/s1. The first-order valence-corrected chi connectivity index (χ1v) is 13.2. The van der Waals surface area contributed by atoms with Gasteiger partial charge in [-0.3, -0.25) is 4.90 Å². The minimum atomic E-state index is -5.11. The number of pyridine rings is 1. The normalized spacial score (nSPS) is 21.1. The van der Waals surface area contributed by atoms with Gasteiger partial charge >= 0.3 is 24.6 Å². The zero-order valence-corrected chi connectivity index (χ0v) is 22.9. The van der Waals surface area contributed by atoms with Crippen molar-refractivity contribution in [2.24, 2.45) is 0 Å². The number of hydrogen-bond donors (Lipinski definition) is 0. The van der Waals surface area contributed by atoms with Crippen LogP contribution in [0.5, 0.6) is 0 Å². The second-order valence-corrected chi connectivity index (χ2v) is 10.5. The van der Waals surface area contributed by atoms with E-state index in [0.717, 1.165) is 24.1 Å². The molecule has 232 valence electrons. The molecule has 0 N–H and O–H groups in total. The molecular formula is C27H29F9N4O2. The van der Waals surface area contributed by atoms with Crippen LogP contribution in [0.4, 0.5) is 50.1 Å². The number of carbonyl (C=O) groups excluding carboxylic acids is 1. The zero-order chi connectivity index (χ0) is 31.2. The highest BCUT2D eigenvalue weighted by Gasteiger charge is 2.44. The summed E-state index contributed by atoms with van der Waals surface area (Å²) in [5, 5.41) is 0. The molecule has 15 heteroatoms. The molecule has 2 atom stereocenters. The maximum Gasteiger partial charge on any atom is 0.417 e. The topological polar surface area (TPSA) is 48.9 Å². The molecule has 0 radical (unpaired) electrons. The number of halogens is 9. The summed E-state index contributed by atoms with van der Waals surface area (Å²) in [6.07, 6.45) is -15.5. The van der Waals surface area contributed by atoms with E-state index in [4.69, 9.17) is 4.74 Å². The number of ether oxygens (including phenoxy) is 1. The lowest BCUT2D eigenvalue weighted by Crippen LogP contribution is -2.45. The Hall–Kier alpha value is -3.23. The van der Waals surface area contributed by atoms with Crippen molar-refractivity contribution >= 4 is 11.9 Å². The van der Waals surface area contributed by atoms with Crippen molar-refractivity contribution in [3.63, 3.8) is 0 Å². The molecule has 2 aromatic rings. The van der Waals surface area contributed by atoms with Gasteiger partial charge in [-0.05, 0) is 76.7 Å². The Kier molecular flexibility index (Phi) is 8.65. The van der Waals surface area contributed by atoms with Crippen molar-refractivity contribution in [3.8, 4) is 0 Å². The Morgan fingerprint density at radius 2 is 1.45 bits per heavy atom. The van der Waals surface area contributed by atoms with E-state index in [1.54, 1.807) is 0 Å². The number of cyclic esters (lactones) is 1. The van der Waals surface area contributed by atoms with Crippen LogP contribution >= 0.6 is 0 Å². The van der Waals surface area contributed by atoms with E-state index >= 15 is 0 Å². The van der Waals surface area contributed by atoms with Gasteiger partial charge in [0.2, 0.25) is 0 Å².